The minimum atomic E-state index is -3.81. The molecule has 7 nitrogen and oxygen atoms in total. The van der Waals surface area contributed by atoms with Gasteiger partial charge in [-0.05, 0) is 69.3 Å². The lowest BCUT2D eigenvalue weighted by Gasteiger charge is -2.15. The third-order valence-corrected chi connectivity index (χ3v) is 5.99. The van der Waals surface area contributed by atoms with Crippen molar-refractivity contribution in [3.8, 4) is 11.5 Å². The lowest BCUT2D eigenvalue weighted by atomic mass is 10.1. The van der Waals surface area contributed by atoms with Gasteiger partial charge in [-0.1, -0.05) is 24.3 Å². The fourth-order valence-electron chi connectivity index (χ4n) is 3.12. The van der Waals surface area contributed by atoms with Crippen LogP contribution in [0.5, 0.6) is 11.5 Å². The molecule has 0 unspecified atom stereocenters. The summed E-state index contributed by atoms with van der Waals surface area (Å²) in [4.78, 5) is 12.8. The van der Waals surface area contributed by atoms with Crippen molar-refractivity contribution in [2.75, 3.05) is 11.3 Å². The van der Waals surface area contributed by atoms with Crippen LogP contribution in [0.2, 0.25) is 0 Å². The van der Waals surface area contributed by atoms with Gasteiger partial charge in [0.1, 0.15) is 11.5 Å². The number of amides is 1. The lowest BCUT2D eigenvalue weighted by molar-refractivity contribution is 0.0950. The third kappa shape index (κ3) is 6.73. The highest BCUT2D eigenvalue weighted by Gasteiger charge is 2.16. The Labute approximate surface area is 194 Å². The highest BCUT2D eigenvalue weighted by Crippen LogP contribution is 2.21. The van der Waals surface area contributed by atoms with Gasteiger partial charge in [0.2, 0.25) is 0 Å². The minimum Gasteiger partial charge on any atom is -0.494 e. The van der Waals surface area contributed by atoms with Gasteiger partial charge in [0.15, 0.2) is 0 Å². The molecule has 0 heterocycles. The molecular weight excluding hydrogens is 440 g/mol. The Morgan fingerprint density at radius 3 is 2.39 bits per heavy atom. The van der Waals surface area contributed by atoms with E-state index in [1.807, 2.05) is 45.0 Å². The maximum Gasteiger partial charge on any atom is 0.261 e. The third-order valence-electron chi connectivity index (χ3n) is 4.60. The molecule has 0 spiro atoms. The second-order valence-electron chi connectivity index (χ2n) is 7.55. The van der Waals surface area contributed by atoms with Crippen LogP contribution in [-0.2, 0) is 16.6 Å². The van der Waals surface area contributed by atoms with Crippen LogP contribution in [0.15, 0.2) is 77.7 Å². The van der Waals surface area contributed by atoms with Crippen LogP contribution >= 0.6 is 0 Å². The van der Waals surface area contributed by atoms with Crippen LogP contribution in [0.3, 0.4) is 0 Å². The number of hydrogen-bond acceptors (Lipinski definition) is 5. The van der Waals surface area contributed by atoms with E-state index in [1.165, 1.54) is 18.2 Å². The summed E-state index contributed by atoms with van der Waals surface area (Å²) < 4.78 is 39.1. The molecule has 0 aliphatic carbocycles. The smallest absolute Gasteiger partial charge is 0.261 e. The number of carbonyl (C=O) groups excluding carboxylic acids is 1. The molecule has 0 saturated carbocycles. The van der Waals surface area contributed by atoms with Crippen molar-refractivity contribution in [2.45, 2.75) is 38.3 Å². The summed E-state index contributed by atoms with van der Waals surface area (Å²) in [6, 6.07) is 20.0. The standard InChI is InChI=1S/C25H28N2O5S/c1-4-31-22-12-14-23(15-13-22)33(29,30)27-21-10-7-9-19(16-21)25(28)26-17-20-8-5-6-11-24(20)32-18(2)3/h5-16,18,27H,4,17H2,1-3H3,(H,26,28). The molecule has 0 aromatic heterocycles. The molecule has 0 fully saturated rings. The molecule has 0 bridgehead atoms. The maximum absolute atomic E-state index is 12.7. The molecule has 1 amide bonds. The summed E-state index contributed by atoms with van der Waals surface area (Å²) in [5, 5.41) is 2.86. The molecule has 0 aliphatic rings. The Morgan fingerprint density at radius 2 is 1.70 bits per heavy atom. The summed E-state index contributed by atoms with van der Waals surface area (Å²) >= 11 is 0. The Bertz CT molecular complexity index is 1190. The van der Waals surface area contributed by atoms with E-state index in [9.17, 15) is 13.2 Å². The molecule has 33 heavy (non-hydrogen) atoms. The first-order valence-corrected chi connectivity index (χ1v) is 12.2. The number of carbonyl (C=O) groups is 1. The molecule has 0 radical (unpaired) electrons. The van der Waals surface area contributed by atoms with E-state index < -0.39 is 10.0 Å². The number of hydrogen-bond donors (Lipinski definition) is 2. The van der Waals surface area contributed by atoms with E-state index in [0.29, 0.717) is 29.4 Å². The average Bonchev–Trinajstić information content (AvgIpc) is 2.78. The van der Waals surface area contributed by atoms with E-state index in [1.54, 1.807) is 30.3 Å². The monoisotopic (exact) mass is 468 g/mol. The molecule has 3 rings (SSSR count). The minimum absolute atomic E-state index is 0.0157. The molecule has 0 atom stereocenters. The average molecular weight is 469 g/mol. The normalized spacial score (nSPS) is 11.2. The Balaban J connectivity index is 1.68. The number of para-hydroxylation sites is 1. The van der Waals surface area contributed by atoms with Gasteiger partial charge in [-0.15, -0.1) is 0 Å². The molecule has 0 saturated heterocycles. The SMILES string of the molecule is CCOc1ccc(S(=O)(=O)Nc2cccc(C(=O)NCc3ccccc3OC(C)C)c2)cc1. The van der Waals surface area contributed by atoms with Crippen molar-refractivity contribution < 1.29 is 22.7 Å². The predicted molar refractivity (Wildman–Crippen MR) is 128 cm³/mol. The first-order valence-electron chi connectivity index (χ1n) is 10.7. The first kappa shape index (κ1) is 24.1. The predicted octanol–water partition coefficient (Wildman–Crippen LogP) is 4.60. The summed E-state index contributed by atoms with van der Waals surface area (Å²) in [5.74, 6) is 0.983. The summed E-state index contributed by atoms with van der Waals surface area (Å²) in [7, 11) is -3.81. The van der Waals surface area contributed by atoms with Crippen LogP contribution < -0.4 is 19.5 Å². The number of rotatable bonds is 10. The van der Waals surface area contributed by atoms with Crippen molar-refractivity contribution in [1.82, 2.24) is 5.32 Å². The second-order valence-corrected chi connectivity index (χ2v) is 9.23. The fourth-order valence-corrected chi connectivity index (χ4v) is 4.17. The molecule has 8 heteroatoms. The zero-order chi connectivity index (χ0) is 23.8. The van der Waals surface area contributed by atoms with Crippen molar-refractivity contribution in [3.05, 3.63) is 83.9 Å². The summed E-state index contributed by atoms with van der Waals surface area (Å²) in [6.45, 7) is 6.51. The van der Waals surface area contributed by atoms with Gasteiger partial charge in [-0.3, -0.25) is 9.52 Å². The number of nitrogens with one attached hydrogen (secondary N) is 2. The van der Waals surface area contributed by atoms with Crippen LogP contribution in [0.1, 0.15) is 36.7 Å². The van der Waals surface area contributed by atoms with Gasteiger partial charge in [0.25, 0.3) is 15.9 Å². The summed E-state index contributed by atoms with van der Waals surface area (Å²) in [5.41, 5.74) is 1.48. The van der Waals surface area contributed by atoms with Crippen LogP contribution in [-0.4, -0.2) is 27.0 Å². The van der Waals surface area contributed by atoms with E-state index in [0.717, 1.165) is 5.56 Å². The number of sulfonamides is 1. The van der Waals surface area contributed by atoms with Gasteiger partial charge < -0.3 is 14.8 Å². The van der Waals surface area contributed by atoms with Crippen molar-refractivity contribution >= 4 is 21.6 Å². The van der Waals surface area contributed by atoms with Crippen LogP contribution in [0.4, 0.5) is 5.69 Å². The Morgan fingerprint density at radius 1 is 0.970 bits per heavy atom. The molecule has 3 aromatic rings. The largest absolute Gasteiger partial charge is 0.494 e. The van der Waals surface area contributed by atoms with Crippen molar-refractivity contribution in [3.63, 3.8) is 0 Å². The highest BCUT2D eigenvalue weighted by molar-refractivity contribution is 7.92. The van der Waals surface area contributed by atoms with Gasteiger partial charge in [0, 0.05) is 23.4 Å². The van der Waals surface area contributed by atoms with Gasteiger partial charge in [-0.25, -0.2) is 8.42 Å². The molecule has 0 aliphatic heterocycles. The van der Waals surface area contributed by atoms with Gasteiger partial charge in [-0.2, -0.15) is 0 Å². The highest BCUT2D eigenvalue weighted by atomic mass is 32.2. The number of ether oxygens (including phenoxy) is 2. The molecule has 174 valence electrons. The number of benzene rings is 3. The maximum atomic E-state index is 12.7. The van der Waals surface area contributed by atoms with Crippen LogP contribution in [0.25, 0.3) is 0 Å². The Kier molecular flexibility index (Phi) is 7.95. The van der Waals surface area contributed by atoms with E-state index in [-0.39, 0.29) is 23.5 Å². The quantitative estimate of drug-likeness (QED) is 0.453. The van der Waals surface area contributed by atoms with E-state index in [2.05, 4.69) is 10.0 Å². The van der Waals surface area contributed by atoms with Crippen molar-refractivity contribution in [2.24, 2.45) is 0 Å². The van der Waals surface area contributed by atoms with Crippen molar-refractivity contribution in [1.29, 1.82) is 0 Å². The molecule has 2 N–H and O–H groups in total. The van der Waals surface area contributed by atoms with Gasteiger partial charge in [0.05, 0.1) is 17.6 Å². The van der Waals surface area contributed by atoms with E-state index >= 15 is 0 Å². The topological polar surface area (TPSA) is 93.7 Å². The number of anilines is 1. The molecule has 3 aromatic carbocycles. The summed E-state index contributed by atoms with van der Waals surface area (Å²) in [6.07, 6.45) is 0.0157. The zero-order valence-electron chi connectivity index (χ0n) is 18.9. The van der Waals surface area contributed by atoms with Crippen LogP contribution in [0, 0.1) is 0 Å². The first-order chi connectivity index (χ1) is 15.8. The lowest BCUT2D eigenvalue weighted by Crippen LogP contribution is -2.23. The van der Waals surface area contributed by atoms with Gasteiger partial charge >= 0.3 is 0 Å². The zero-order valence-corrected chi connectivity index (χ0v) is 19.7. The Hall–Kier alpha value is -3.52. The van der Waals surface area contributed by atoms with E-state index in [4.69, 9.17) is 9.47 Å². The fraction of sp³-hybridized carbons (Fsp3) is 0.240. The molecular formula is C25H28N2O5S. The second kappa shape index (κ2) is 10.9.